The third-order valence-corrected chi connectivity index (χ3v) is 3.61. The van der Waals surface area contributed by atoms with Gasteiger partial charge in [0.25, 0.3) is 5.91 Å². The number of hydrogen-bond donors (Lipinski definition) is 1. The van der Waals surface area contributed by atoms with E-state index in [2.05, 4.69) is 15.0 Å². The number of rotatable bonds is 3. The molecule has 1 amide bonds. The molecule has 2 aromatic rings. The highest BCUT2D eigenvalue weighted by atomic mass is 19.4. The number of hydrogen-bond acceptors (Lipinski definition) is 4. The summed E-state index contributed by atoms with van der Waals surface area (Å²) in [4.78, 5) is 27.5. The fourth-order valence-corrected chi connectivity index (χ4v) is 2.25. The van der Waals surface area contributed by atoms with Gasteiger partial charge in [0.15, 0.2) is 0 Å². The summed E-state index contributed by atoms with van der Waals surface area (Å²) >= 11 is 0. The fourth-order valence-electron chi connectivity index (χ4n) is 2.25. The van der Waals surface area contributed by atoms with Gasteiger partial charge < -0.3 is 10.1 Å². The molecule has 0 saturated carbocycles. The van der Waals surface area contributed by atoms with Crippen LogP contribution < -0.4 is 5.32 Å². The Bertz CT molecular complexity index is 832. The van der Waals surface area contributed by atoms with Crippen molar-refractivity contribution in [2.45, 2.75) is 20.0 Å². The second-order valence-corrected chi connectivity index (χ2v) is 5.25. The van der Waals surface area contributed by atoms with Gasteiger partial charge >= 0.3 is 12.1 Å². The number of alkyl halides is 3. The Labute approximate surface area is 141 Å². The maximum Gasteiger partial charge on any atom is 0.433 e. The molecule has 132 valence electrons. The van der Waals surface area contributed by atoms with Crippen LogP contribution in [0.1, 0.15) is 37.7 Å². The molecule has 5 nitrogen and oxygen atoms in total. The Morgan fingerprint density at radius 1 is 1.08 bits per heavy atom. The van der Waals surface area contributed by atoms with Gasteiger partial charge in [-0.1, -0.05) is 6.07 Å². The molecule has 0 bridgehead atoms. The standard InChI is InChI=1S/C17H15F3N2O3/c1-9-11(16(24)25-3)5-4-6-13(9)22-15(23)12-7-8-14(17(18,19)20)21-10(12)2/h4-8H,1-3H3,(H,22,23). The molecule has 1 aromatic heterocycles. The van der Waals surface area contributed by atoms with Crippen molar-refractivity contribution in [2.75, 3.05) is 12.4 Å². The summed E-state index contributed by atoms with van der Waals surface area (Å²) in [5, 5.41) is 2.58. The van der Waals surface area contributed by atoms with Crippen LogP contribution >= 0.6 is 0 Å². The highest BCUT2D eigenvalue weighted by molar-refractivity contribution is 6.06. The Morgan fingerprint density at radius 2 is 1.76 bits per heavy atom. The molecule has 1 N–H and O–H groups in total. The molecular formula is C17H15F3N2O3. The van der Waals surface area contributed by atoms with Crippen molar-refractivity contribution in [1.82, 2.24) is 4.98 Å². The van der Waals surface area contributed by atoms with Gasteiger partial charge in [0, 0.05) is 5.69 Å². The van der Waals surface area contributed by atoms with Crippen molar-refractivity contribution in [1.29, 1.82) is 0 Å². The van der Waals surface area contributed by atoms with Crippen LogP contribution in [0.25, 0.3) is 0 Å². The number of nitrogens with zero attached hydrogens (tertiary/aromatic N) is 1. The van der Waals surface area contributed by atoms with Gasteiger partial charge in [-0.15, -0.1) is 0 Å². The van der Waals surface area contributed by atoms with E-state index in [1.807, 2.05) is 0 Å². The summed E-state index contributed by atoms with van der Waals surface area (Å²) in [6.45, 7) is 2.95. The van der Waals surface area contributed by atoms with Gasteiger partial charge in [-0.2, -0.15) is 13.2 Å². The van der Waals surface area contributed by atoms with Crippen molar-refractivity contribution in [2.24, 2.45) is 0 Å². The third kappa shape index (κ3) is 3.96. The van der Waals surface area contributed by atoms with E-state index < -0.39 is 23.7 Å². The topological polar surface area (TPSA) is 68.3 Å². The summed E-state index contributed by atoms with van der Waals surface area (Å²) in [6.07, 6.45) is -4.58. The molecule has 25 heavy (non-hydrogen) atoms. The second kappa shape index (κ2) is 6.92. The largest absolute Gasteiger partial charge is 0.465 e. The first-order chi connectivity index (χ1) is 11.6. The number of amides is 1. The van der Waals surface area contributed by atoms with E-state index in [4.69, 9.17) is 0 Å². The highest BCUT2D eigenvalue weighted by Crippen LogP contribution is 2.28. The van der Waals surface area contributed by atoms with E-state index in [-0.39, 0.29) is 16.8 Å². The number of aromatic nitrogens is 1. The zero-order valence-electron chi connectivity index (χ0n) is 13.7. The maximum atomic E-state index is 12.6. The van der Waals surface area contributed by atoms with Crippen molar-refractivity contribution in [3.63, 3.8) is 0 Å². The number of carbonyl (C=O) groups excluding carboxylic acids is 2. The lowest BCUT2D eigenvalue weighted by Gasteiger charge is -2.13. The molecule has 0 aliphatic heterocycles. The van der Waals surface area contributed by atoms with Crippen LogP contribution in [-0.4, -0.2) is 24.0 Å². The van der Waals surface area contributed by atoms with Crippen LogP contribution in [0.2, 0.25) is 0 Å². The second-order valence-electron chi connectivity index (χ2n) is 5.25. The lowest BCUT2D eigenvalue weighted by atomic mass is 10.1. The van der Waals surface area contributed by atoms with Crippen molar-refractivity contribution in [3.8, 4) is 0 Å². The van der Waals surface area contributed by atoms with Gasteiger partial charge in [0.1, 0.15) is 5.69 Å². The average Bonchev–Trinajstić information content (AvgIpc) is 2.55. The van der Waals surface area contributed by atoms with E-state index in [1.165, 1.54) is 14.0 Å². The molecule has 8 heteroatoms. The number of carbonyl (C=O) groups is 2. The van der Waals surface area contributed by atoms with E-state index in [1.54, 1.807) is 25.1 Å². The van der Waals surface area contributed by atoms with Crippen LogP contribution in [-0.2, 0) is 10.9 Å². The minimum atomic E-state index is -4.58. The van der Waals surface area contributed by atoms with Crippen LogP contribution in [0, 0.1) is 13.8 Å². The normalized spacial score (nSPS) is 11.1. The quantitative estimate of drug-likeness (QED) is 0.854. The monoisotopic (exact) mass is 352 g/mol. The molecule has 0 atom stereocenters. The van der Waals surface area contributed by atoms with E-state index in [0.29, 0.717) is 11.3 Å². The number of pyridine rings is 1. The summed E-state index contributed by atoms with van der Waals surface area (Å²) in [5.74, 6) is -1.18. The van der Waals surface area contributed by atoms with Crippen LogP contribution in [0.4, 0.5) is 18.9 Å². The van der Waals surface area contributed by atoms with Gasteiger partial charge in [0.05, 0.1) is 23.9 Å². The van der Waals surface area contributed by atoms with E-state index in [0.717, 1.165) is 12.1 Å². The first-order valence-electron chi connectivity index (χ1n) is 7.19. The van der Waals surface area contributed by atoms with Crippen molar-refractivity contribution >= 4 is 17.6 Å². The molecule has 0 aliphatic rings. The molecule has 0 radical (unpaired) electrons. The number of halogens is 3. The molecule has 0 fully saturated rings. The van der Waals surface area contributed by atoms with Gasteiger partial charge in [-0.25, -0.2) is 9.78 Å². The molecular weight excluding hydrogens is 337 g/mol. The molecule has 0 spiro atoms. The SMILES string of the molecule is COC(=O)c1cccc(NC(=O)c2ccc(C(F)(F)F)nc2C)c1C. The van der Waals surface area contributed by atoms with E-state index in [9.17, 15) is 22.8 Å². The first kappa shape index (κ1) is 18.4. The summed E-state index contributed by atoms with van der Waals surface area (Å²) in [7, 11) is 1.24. The van der Waals surface area contributed by atoms with Gasteiger partial charge in [0.2, 0.25) is 0 Å². The molecule has 2 rings (SSSR count). The fraction of sp³-hybridized carbons (Fsp3) is 0.235. The molecule has 0 saturated heterocycles. The third-order valence-electron chi connectivity index (χ3n) is 3.61. The maximum absolute atomic E-state index is 12.6. The molecule has 0 aliphatic carbocycles. The Morgan fingerprint density at radius 3 is 2.32 bits per heavy atom. The number of nitrogens with one attached hydrogen (secondary N) is 1. The predicted molar refractivity (Wildman–Crippen MR) is 84.4 cm³/mol. The molecule has 1 heterocycles. The lowest BCUT2D eigenvalue weighted by Crippen LogP contribution is -2.17. The Balaban J connectivity index is 2.31. The number of aryl methyl sites for hydroxylation is 1. The smallest absolute Gasteiger partial charge is 0.433 e. The lowest BCUT2D eigenvalue weighted by molar-refractivity contribution is -0.141. The van der Waals surface area contributed by atoms with E-state index >= 15 is 0 Å². The van der Waals surface area contributed by atoms with Gasteiger partial charge in [-0.05, 0) is 43.7 Å². The first-order valence-corrected chi connectivity index (χ1v) is 7.19. The summed E-state index contributed by atoms with van der Waals surface area (Å²) in [6, 6.07) is 6.50. The molecule has 1 aromatic carbocycles. The summed E-state index contributed by atoms with van der Waals surface area (Å²) in [5.41, 5.74) is 0.0189. The van der Waals surface area contributed by atoms with Crippen molar-refractivity contribution < 1.29 is 27.5 Å². The molecule has 0 unspecified atom stereocenters. The average molecular weight is 352 g/mol. The number of esters is 1. The van der Waals surface area contributed by atoms with Crippen LogP contribution in [0.3, 0.4) is 0 Å². The Hall–Kier alpha value is -2.90. The zero-order chi connectivity index (χ0) is 18.8. The highest BCUT2D eigenvalue weighted by Gasteiger charge is 2.33. The van der Waals surface area contributed by atoms with Crippen LogP contribution in [0.15, 0.2) is 30.3 Å². The zero-order valence-corrected chi connectivity index (χ0v) is 13.7. The van der Waals surface area contributed by atoms with Gasteiger partial charge in [-0.3, -0.25) is 4.79 Å². The number of ether oxygens (including phenoxy) is 1. The van der Waals surface area contributed by atoms with Crippen molar-refractivity contribution in [3.05, 3.63) is 58.4 Å². The number of benzene rings is 1. The number of methoxy groups -OCH3 is 1. The Kier molecular flexibility index (Phi) is 5.10. The number of anilines is 1. The summed E-state index contributed by atoms with van der Waals surface area (Å²) < 4.78 is 42.6. The predicted octanol–water partition coefficient (Wildman–Crippen LogP) is 3.76. The minimum absolute atomic E-state index is 0.0101. The minimum Gasteiger partial charge on any atom is -0.465 e. The van der Waals surface area contributed by atoms with Crippen LogP contribution in [0.5, 0.6) is 0 Å².